The van der Waals surface area contributed by atoms with Crippen LogP contribution in [0.5, 0.6) is 17.2 Å². The van der Waals surface area contributed by atoms with E-state index in [1.165, 1.54) is 0 Å². The Bertz CT molecular complexity index is 748. The fourth-order valence-corrected chi connectivity index (χ4v) is 2.68. The van der Waals surface area contributed by atoms with E-state index in [2.05, 4.69) is 5.32 Å². The lowest BCUT2D eigenvalue weighted by molar-refractivity contribution is -0.907. The molecule has 0 aliphatic rings. The summed E-state index contributed by atoms with van der Waals surface area (Å²) in [5.41, 5.74) is 1.74. The summed E-state index contributed by atoms with van der Waals surface area (Å²) in [6, 6.07) is 12.9. The monoisotopic (exact) mass is 359 g/mol. The fourth-order valence-electron chi connectivity index (χ4n) is 2.68. The van der Waals surface area contributed by atoms with Crippen molar-refractivity contribution in [2.24, 2.45) is 0 Å². The number of carbonyl (C=O) groups excluding carboxylic acids is 1. The van der Waals surface area contributed by atoms with Crippen LogP contribution in [0, 0.1) is 0 Å². The van der Waals surface area contributed by atoms with E-state index < -0.39 is 0 Å². The molecule has 26 heavy (non-hydrogen) atoms. The second-order valence-electron chi connectivity index (χ2n) is 6.12. The highest BCUT2D eigenvalue weighted by Gasteiger charge is 2.23. The molecule has 0 saturated heterocycles. The lowest BCUT2D eigenvalue weighted by Crippen LogP contribution is -3.12. The SMILES string of the molecule is COc1ccccc1NC(=O)[C@H](C)[NH+](C)Cc1ccc(OC)c(OC)c1. The van der Waals surface area contributed by atoms with Crippen molar-refractivity contribution in [2.75, 3.05) is 33.7 Å². The second kappa shape index (κ2) is 9.10. The molecule has 6 nitrogen and oxygen atoms in total. The van der Waals surface area contributed by atoms with Gasteiger partial charge in [0.1, 0.15) is 12.3 Å². The summed E-state index contributed by atoms with van der Waals surface area (Å²) < 4.78 is 15.9. The summed E-state index contributed by atoms with van der Waals surface area (Å²) in [6.07, 6.45) is 0. The molecule has 0 aliphatic heterocycles. The number of amides is 1. The molecule has 0 heterocycles. The van der Waals surface area contributed by atoms with Crippen LogP contribution in [0.4, 0.5) is 5.69 Å². The van der Waals surface area contributed by atoms with Crippen molar-refractivity contribution in [1.82, 2.24) is 0 Å². The van der Waals surface area contributed by atoms with E-state index in [0.717, 1.165) is 10.5 Å². The Kier molecular flexibility index (Phi) is 6.86. The number of anilines is 1. The Hall–Kier alpha value is -2.73. The molecule has 140 valence electrons. The summed E-state index contributed by atoms with van der Waals surface area (Å²) >= 11 is 0. The molecule has 0 spiro atoms. The minimum atomic E-state index is -0.243. The Balaban J connectivity index is 2.04. The molecule has 2 aromatic rings. The van der Waals surface area contributed by atoms with Crippen LogP contribution in [0.2, 0.25) is 0 Å². The minimum absolute atomic E-state index is 0.0625. The van der Waals surface area contributed by atoms with Crippen molar-refractivity contribution < 1.29 is 23.9 Å². The van der Waals surface area contributed by atoms with Crippen LogP contribution >= 0.6 is 0 Å². The van der Waals surface area contributed by atoms with Crippen LogP contribution in [0.1, 0.15) is 12.5 Å². The zero-order valence-electron chi connectivity index (χ0n) is 16.0. The molecule has 2 N–H and O–H groups in total. The number of benzene rings is 2. The molecule has 1 unspecified atom stereocenters. The number of likely N-dealkylation sites (N-methyl/N-ethyl adjacent to an activating group) is 1. The van der Waals surface area contributed by atoms with Gasteiger partial charge >= 0.3 is 0 Å². The van der Waals surface area contributed by atoms with Crippen molar-refractivity contribution in [3.8, 4) is 17.2 Å². The number of rotatable bonds is 8. The largest absolute Gasteiger partial charge is 0.495 e. The molecule has 2 rings (SSSR count). The lowest BCUT2D eigenvalue weighted by atomic mass is 10.1. The van der Waals surface area contributed by atoms with Crippen LogP contribution in [0.15, 0.2) is 42.5 Å². The van der Waals surface area contributed by atoms with Gasteiger partial charge in [-0.05, 0) is 37.3 Å². The highest BCUT2D eigenvalue weighted by molar-refractivity contribution is 5.94. The van der Waals surface area contributed by atoms with Gasteiger partial charge in [-0.1, -0.05) is 12.1 Å². The first kappa shape index (κ1) is 19.6. The fraction of sp³-hybridized carbons (Fsp3) is 0.350. The van der Waals surface area contributed by atoms with Gasteiger partial charge in [0, 0.05) is 5.56 Å². The van der Waals surface area contributed by atoms with Gasteiger partial charge in [-0.2, -0.15) is 0 Å². The van der Waals surface area contributed by atoms with Crippen molar-refractivity contribution >= 4 is 11.6 Å². The molecule has 2 atom stereocenters. The predicted octanol–water partition coefficient (Wildman–Crippen LogP) is 1.75. The molecule has 6 heteroatoms. The predicted molar refractivity (Wildman–Crippen MR) is 101 cm³/mol. The number of carbonyl (C=O) groups is 1. The maximum Gasteiger partial charge on any atom is 0.282 e. The van der Waals surface area contributed by atoms with Crippen molar-refractivity contribution in [3.63, 3.8) is 0 Å². The van der Waals surface area contributed by atoms with Gasteiger partial charge in [0.2, 0.25) is 0 Å². The third kappa shape index (κ3) is 4.67. The van der Waals surface area contributed by atoms with Crippen LogP contribution in [0.3, 0.4) is 0 Å². The van der Waals surface area contributed by atoms with E-state index in [-0.39, 0.29) is 11.9 Å². The molecule has 0 aromatic heterocycles. The molecule has 1 amide bonds. The van der Waals surface area contributed by atoms with E-state index in [1.807, 2.05) is 56.4 Å². The lowest BCUT2D eigenvalue weighted by Gasteiger charge is -2.22. The second-order valence-corrected chi connectivity index (χ2v) is 6.12. The Morgan fingerprint density at radius 1 is 1.00 bits per heavy atom. The van der Waals surface area contributed by atoms with Crippen LogP contribution in [-0.2, 0) is 11.3 Å². The number of quaternary nitrogens is 1. The highest BCUT2D eigenvalue weighted by Crippen LogP contribution is 2.27. The average Bonchev–Trinajstić information content (AvgIpc) is 2.67. The zero-order valence-corrected chi connectivity index (χ0v) is 16.0. The standard InChI is InChI=1S/C20H26N2O4/c1-14(20(23)21-16-8-6-7-9-17(16)24-3)22(2)13-15-10-11-18(25-4)19(12-15)26-5/h6-12,14H,13H2,1-5H3,(H,21,23)/p+1/t14-/m0/s1. The Morgan fingerprint density at radius 3 is 2.31 bits per heavy atom. The number of methoxy groups -OCH3 is 3. The zero-order chi connectivity index (χ0) is 19.1. The van der Waals surface area contributed by atoms with Gasteiger partial charge in [-0.3, -0.25) is 4.79 Å². The summed E-state index contributed by atoms with van der Waals surface area (Å²) in [5.74, 6) is 1.96. The molecule has 2 aromatic carbocycles. The number of hydrogen-bond acceptors (Lipinski definition) is 4. The number of ether oxygens (including phenoxy) is 3. The van der Waals surface area contributed by atoms with Crippen molar-refractivity contribution in [3.05, 3.63) is 48.0 Å². The quantitative estimate of drug-likeness (QED) is 0.754. The summed E-state index contributed by atoms with van der Waals surface area (Å²) in [4.78, 5) is 13.7. The van der Waals surface area contributed by atoms with Crippen LogP contribution in [-0.4, -0.2) is 40.3 Å². The van der Waals surface area contributed by atoms with Crippen molar-refractivity contribution in [1.29, 1.82) is 0 Å². The third-order valence-electron chi connectivity index (χ3n) is 4.43. The van der Waals surface area contributed by atoms with Gasteiger partial charge in [-0.25, -0.2) is 0 Å². The topological polar surface area (TPSA) is 61.2 Å². The van der Waals surface area contributed by atoms with Crippen LogP contribution in [0.25, 0.3) is 0 Å². The van der Waals surface area contributed by atoms with Gasteiger partial charge in [-0.15, -0.1) is 0 Å². The number of nitrogens with one attached hydrogen (secondary N) is 2. The van der Waals surface area contributed by atoms with E-state index in [9.17, 15) is 4.79 Å². The highest BCUT2D eigenvalue weighted by atomic mass is 16.5. The van der Waals surface area contributed by atoms with Gasteiger partial charge < -0.3 is 24.4 Å². The van der Waals surface area contributed by atoms with E-state index >= 15 is 0 Å². The maximum absolute atomic E-state index is 12.6. The number of hydrogen-bond donors (Lipinski definition) is 2. The van der Waals surface area contributed by atoms with E-state index in [0.29, 0.717) is 29.5 Å². The molecule has 0 fully saturated rings. The Morgan fingerprint density at radius 2 is 1.65 bits per heavy atom. The summed E-state index contributed by atoms with van der Waals surface area (Å²) in [5, 5.41) is 2.94. The molecule has 0 bridgehead atoms. The van der Waals surface area contributed by atoms with Crippen molar-refractivity contribution in [2.45, 2.75) is 19.5 Å². The van der Waals surface area contributed by atoms with E-state index in [1.54, 1.807) is 21.3 Å². The third-order valence-corrected chi connectivity index (χ3v) is 4.43. The first-order valence-corrected chi connectivity index (χ1v) is 8.47. The average molecular weight is 359 g/mol. The molecular formula is C20H27N2O4+. The summed E-state index contributed by atoms with van der Waals surface area (Å²) in [7, 11) is 6.80. The molecule has 0 aliphatic carbocycles. The number of para-hydroxylation sites is 2. The first-order chi connectivity index (χ1) is 12.5. The minimum Gasteiger partial charge on any atom is -0.495 e. The molecule has 0 radical (unpaired) electrons. The van der Waals surface area contributed by atoms with Crippen LogP contribution < -0.4 is 24.4 Å². The molecular weight excluding hydrogens is 332 g/mol. The Labute approximate surface area is 154 Å². The normalized spacial score (nSPS) is 12.8. The first-order valence-electron chi connectivity index (χ1n) is 8.47. The maximum atomic E-state index is 12.6. The van der Waals surface area contributed by atoms with Gasteiger partial charge in [0.15, 0.2) is 17.5 Å². The summed E-state index contributed by atoms with van der Waals surface area (Å²) in [6.45, 7) is 2.59. The van der Waals surface area contributed by atoms with Gasteiger partial charge in [0.05, 0.1) is 34.1 Å². The smallest absolute Gasteiger partial charge is 0.282 e. The molecule has 0 saturated carbocycles. The van der Waals surface area contributed by atoms with E-state index in [4.69, 9.17) is 14.2 Å². The van der Waals surface area contributed by atoms with Gasteiger partial charge in [0.25, 0.3) is 5.91 Å².